The lowest BCUT2D eigenvalue weighted by atomic mass is 10.0. The minimum atomic E-state index is -3.82. The Balaban J connectivity index is 2.23. The summed E-state index contributed by atoms with van der Waals surface area (Å²) < 4.78 is 25.7. The van der Waals surface area contributed by atoms with Gasteiger partial charge in [-0.05, 0) is 30.0 Å². The molecule has 114 valence electrons. The van der Waals surface area contributed by atoms with Gasteiger partial charge in [0, 0.05) is 0 Å². The molecule has 7 heteroatoms. The van der Waals surface area contributed by atoms with Gasteiger partial charge in [-0.15, -0.1) is 0 Å². The number of piperazine rings is 1. The first kappa shape index (κ1) is 15.7. The fourth-order valence-corrected chi connectivity index (χ4v) is 3.55. The van der Waals surface area contributed by atoms with Crippen LogP contribution in [0.3, 0.4) is 0 Å². The third-order valence-electron chi connectivity index (χ3n) is 3.12. The Morgan fingerprint density at radius 1 is 1.10 bits per heavy atom. The molecule has 1 aliphatic rings. The quantitative estimate of drug-likeness (QED) is 0.822. The van der Waals surface area contributed by atoms with Crippen LogP contribution >= 0.6 is 0 Å². The fourth-order valence-electron chi connectivity index (χ4n) is 2.20. The fraction of sp³-hybridized carbons (Fsp3) is 0.429. The standard InChI is InChI=1S/C14H18N2O4S/c1-10(2)7-11-3-5-12(6-4-11)21(19,20)16-8-13(17)15-14(18)9-16/h3-6,10H,7-9H2,1-2H3,(H,15,17,18). The van der Waals surface area contributed by atoms with Gasteiger partial charge < -0.3 is 0 Å². The molecule has 0 aliphatic carbocycles. The van der Waals surface area contributed by atoms with E-state index < -0.39 is 21.8 Å². The Morgan fingerprint density at radius 3 is 2.10 bits per heavy atom. The number of imide groups is 1. The Morgan fingerprint density at radius 2 is 1.62 bits per heavy atom. The minimum absolute atomic E-state index is 0.0949. The maximum atomic E-state index is 12.4. The second-order valence-electron chi connectivity index (χ2n) is 5.49. The number of nitrogens with one attached hydrogen (secondary N) is 1. The molecule has 0 bridgehead atoms. The molecule has 0 unspecified atom stereocenters. The van der Waals surface area contributed by atoms with Crippen LogP contribution in [0.5, 0.6) is 0 Å². The molecule has 0 saturated carbocycles. The normalized spacial score (nSPS) is 17.1. The number of nitrogens with zero attached hydrogens (tertiary/aromatic N) is 1. The first-order valence-corrected chi connectivity index (χ1v) is 8.15. The summed E-state index contributed by atoms with van der Waals surface area (Å²) in [6, 6.07) is 6.56. The molecule has 21 heavy (non-hydrogen) atoms. The van der Waals surface area contributed by atoms with Gasteiger partial charge >= 0.3 is 0 Å². The summed E-state index contributed by atoms with van der Waals surface area (Å²) in [7, 11) is -3.82. The van der Waals surface area contributed by atoms with Gasteiger partial charge in [-0.2, -0.15) is 4.31 Å². The van der Waals surface area contributed by atoms with E-state index in [4.69, 9.17) is 0 Å². The van der Waals surface area contributed by atoms with Crippen LogP contribution in [0.25, 0.3) is 0 Å². The van der Waals surface area contributed by atoms with Crippen LogP contribution in [0.4, 0.5) is 0 Å². The lowest BCUT2D eigenvalue weighted by Crippen LogP contribution is -2.53. The summed E-state index contributed by atoms with van der Waals surface area (Å²) in [6.07, 6.45) is 0.866. The number of amides is 2. The van der Waals surface area contributed by atoms with Crippen molar-refractivity contribution in [3.8, 4) is 0 Å². The van der Waals surface area contributed by atoms with Gasteiger partial charge in [0.25, 0.3) is 0 Å². The molecule has 6 nitrogen and oxygen atoms in total. The van der Waals surface area contributed by atoms with Crippen LogP contribution in [-0.4, -0.2) is 37.6 Å². The van der Waals surface area contributed by atoms with Gasteiger partial charge in [-0.1, -0.05) is 26.0 Å². The maximum Gasteiger partial charge on any atom is 0.244 e. The second-order valence-corrected chi connectivity index (χ2v) is 7.42. The SMILES string of the molecule is CC(C)Cc1ccc(S(=O)(=O)N2CC(=O)NC(=O)C2)cc1. The van der Waals surface area contributed by atoms with Crippen molar-refractivity contribution in [3.05, 3.63) is 29.8 Å². The van der Waals surface area contributed by atoms with Gasteiger partial charge in [0.1, 0.15) is 0 Å². The zero-order valence-electron chi connectivity index (χ0n) is 12.0. The third kappa shape index (κ3) is 3.68. The van der Waals surface area contributed by atoms with Crippen molar-refractivity contribution in [2.24, 2.45) is 5.92 Å². The molecule has 1 heterocycles. The van der Waals surface area contributed by atoms with E-state index in [9.17, 15) is 18.0 Å². The predicted octanol–water partition coefficient (Wildman–Crippen LogP) is 0.532. The number of benzene rings is 1. The zero-order chi connectivity index (χ0) is 15.6. The topological polar surface area (TPSA) is 83.6 Å². The molecule has 1 aromatic carbocycles. The van der Waals surface area contributed by atoms with Crippen LogP contribution in [0.2, 0.25) is 0 Å². The first-order valence-electron chi connectivity index (χ1n) is 6.71. The van der Waals surface area contributed by atoms with Gasteiger partial charge in [0.2, 0.25) is 21.8 Å². The van der Waals surface area contributed by atoms with Crippen LogP contribution in [-0.2, 0) is 26.0 Å². The molecule has 0 spiro atoms. The first-order chi connectivity index (χ1) is 9.79. The highest BCUT2D eigenvalue weighted by atomic mass is 32.2. The summed E-state index contributed by atoms with van der Waals surface area (Å²) in [5, 5.41) is 2.08. The van der Waals surface area contributed by atoms with Crippen LogP contribution in [0.1, 0.15) is 19.4 Å². The Labute approximate surface area is 124 Å². The molecule has 2 amide bonds. The third-order valence-corrected chi connectivity index (χ3v) is 4.93. The average Bonchev–Trinajstić information content (AvgIpc) is 2.37. The molecule has 0 aromatic heterocycles. The number of carbonyl (C=O) groups is 2. The number of carbonyl (C=O) groups excluding carboxylic acids is 2. The summed E-state index contributed by atoms with van der Waals surface area (Å²) in [5.41, 5.74) is 1.05. The van der Waals surface area contributed by atoms with Crippen LogP contribution in [0.15, 0.2) is 29.2 Å². The van der Waals surface area contributed by atoms with Gasteiger partial charge in [-0.25, -0.2) is 8.42 Å². The Kier molecular flexibility index (Phi) is 4.43. The largest absolute Gasteiger partial charge is 0.294 e. The van der Waals surface area contributed by atoms with Crippen molar-refractivity contribution in [2.75, 3.05) is 13.1 Å². The molecule has 0 radical (unpaired) electrons. The van der Waals surface area contributed by atoms with Gasteiger partial charge in [-0.3, -0.25) is 14.9 Å². The monoisotopic (exact) mass is 310 g/mol. The van der Waals surface area contributed by atoms with E-state index in [0.29, 0.717) is 5.92 Å². The number of hydrogen-bond donors (Lipinski definition) is 1. The second kappa shape index (κ2) is 5.95. The van der Waals surface area contributed by atoms with Crippen molar-refractivity contribution in [1.29, 1.82) is 0 Å². The lowest BCUT2D eigenvalue weighted by molar-refractivity contribution is -0.134. The summed E-state index contributed by atoms with van der Waals surface area (Å²) in [4.78, 5) is 22.7. The lowest BCUT2D eigenvalue weighted by Gasteiger charge is -2.24. The van der Waals surface area contributed by atoms with Crippen molar-refractivity contribution in [1.82, 2.24) is 9.62 Å². The van der Waals surface area contributed by atoms with Crippen LogP contribution < -0.4 is 5.32 Å². The molecule has 0 atom stereocenters. The minimum Gasteiger partial charge on any atom is -0.294 e. The highest BCUT2D eigenvalue weighted by Crippen LogP contribution is 2.18. The molecule has 2 rings (SSSR count). The number of sulfonamides is 1. The van der Waals surface area contributed by atoms with Gasteiger partial charge in [0.05, 0.1) is 18.0 Å². The summed E-state index contributed by atoms with van der Waals surface area (Å²) in [5.74, 6) is -0.728. The van der Waals surface area contributed by atoms with E-state index in [2.05, 4.69) is 19.2 Å². The van der Waals surface area contributed by atoms with E-state index in [1.165, 1.54) is 12.1 Å². The molecule has 1 aromatic rings. The zero-order valence-corrected chi connectivity index (χ0v) is 12.8. The number of rotatable bonds is 4. The van der Waals surface area contributed by atoms with E-state index in [1.807, 2.05) is 0 Å². The Hall–Kier alpha value is -1.73. The summed E-state index contributed by atoms with van der Waals surface area (Å²) in [6.45, 7) is 3.51. The molecule has 1 N–H and O–H groups in total. The van der Waals surface area contributed by atoms with Crippen molar-refractivity contribution in [3.63, 3.8) is 0 Å². The average molecular weight is 310 g/mol. The predicted molar refractivity (Wildman–Crippen MR) is 76.9 cm³/mol. The van der Waals surface area contributed by atoms with Crippen LogP contribution in [0, 0.1) is 5.92 Å². The van der Waals surface area contributed by atoms with Crippen molar-refractivity contribution in [2.45, 2.75) is 25.2 Å². The van der Waals surface area contributed by atoms with E-state index in [-0.39, 0.29) is 18.0 Å². The maximum absolute atomic E-state index is 12.4. The number of hydrogen-bond acceptors (Lipinski definition) is 4. The van der Waals surface area contributed by atoms with E-state index in [1.54, 1.807) is 12.1 Å². The molecular formula is C14H18N2O4S. The molecular weight excluding hydrogens is 292 g/mol. The summed E-state index contributed by atoms with van der Waals surface area (Å²) >= 11 is 0. The van der Waals surface area contributed by atoms with Crippen molar-refractivity contribution < 1.29 is 18.0 Å². The van der Waals surface area contributed by atoms with E-state index in [0.717, 1.165) is 16.3 Å². The smallest absolute Gasteiger partial charge is 0.244 e. The molecule has 1 saturated heterocycles. The highest BCUT2D eigenvalue weighted by Gasteiger charge is 2.32. The molecule has 1 aliphatic heterocycles. The van der Waals surface area contributed by atoms with Gasteiger partial charge in [0.15, 0.2) is 0 Å². The van der Waals surface area contributed by atoms with E-state index >= 15 is 0 Å². The highest BCUT2D eigenvalue weighted by molar-refractivity contribution is 7.89. The molecule has 1 fully saturated rings. The van der Waals surface area contributed by atoms with Crippen molar-refractivity contribution >= 4 is 21.8 Å². The Bertz CT molecular complexity index is 634.